The van der Waals surface area contributed by atoms with Crippen molar-refractivity contribution < 1.29 is 4.74 Å². The largest absolute Gasteiger partial charge is 0.381 e. The molecule has 2 N–H and O–H groups in total. The number of nitrogens with two attached hydrogens (primary N) is 1. The third kappa shape index (κ3) is 1.47. The normalized spacial score (nSPS) is 18.7. The summed E-state index contributed by atoms with van der Waals surface area (Å²) in [5, 5.41) is 13.0. The molecule has 3 rings (SSSR count). The fraction of sp³-hybridized carbons (Fsp3) is 0.625. The monoisotopic (exact) mass is 225 g/mol. The van der Waals surface area contributed by atoms with Crippen LogP contribution in [0.3, 0.4) is 0 Å². The summed E-state index contributed by atoms with van der Waals surface area (Å²) in [6.07, 6.45) is 1.97. The Morgan fingerprint density at radius 1 is 1.33 bits per heavy atom. The molecule has 2 aromatic heterocycles. The summed E-state index contributed by atoms with van der Waals surface area (Å²) >= 11 is 1.36. The average Bonchev–Trinajstić information content (AvgIpc) is 2.77. The molecule has 0 spiro atoms. The number of nitrogens with zero attached hydrogens (tertiary/aromatic N) is 4. The third-order valence-electron chi connectivity index (χ3n) is 2.62. The molecule has 1 fully saturated rings. The zero-order chi connectivity index (χ0) is 10.3. The van der Waals surface area contributed by atoms with E-state index >= 15 is 0 Å². The van der Waals surface area contributed by atoms with Crippen molar-refractivity contribution in [3.05, 3.63) is 5.82 Å². The van der Waals surface area contributed by atoms with Gasteiger partial charge < -0.3 is 10.5 Å². The van der Waals surface area contributed by atoms with Crippen LogP contribution in [-0.2, 0) is 4.74 Å². The van der Waals surface area contributed by atoms with Crippen LogP contribution < -0.4 is 5.73 Å². The first kappa shape index (κ1) is 9.05. The highest BCUT2D eigenvalue weighted by atomic mass is 32.1. The van der Waals surface area contributed by atoms with Gasteiger partial charge in [-0.15, -0.1) is 15.3 Å². The second kappa shape index (κ2) is 3.42. The second-order valence-corrected chi connectivity index (χ2v) is 4.57. The highest BCUT2D eigenvalue weighted by molar-refractivity contribution is 7.20. The first-order valence-electron chi connectivity index (χ1n) is 4.90. The van der Waals surface area contributed by atoms with Crippen LogP contribution in [0.15, 0.2) is 0 Å². The van der Waals surface area contributed by atoms with Gasteiger partial charge in [0.25, 0.3) is 0 Å². The molecule has 1 saturated heterocycles. The Kier molecular flexibility index (Phi) is 2.06. The minimum absolute atomic E-state index is 0.398. The molecule has 2 aromatic rings. The van der Waals surface area contributed by atoms with Gasteiger partial charge in [0.05, 0.1) is 0 Å². The van der Waals surface area contributed by atoms with Crippen LogP contribution in [0.25, 0.3) is 4.96 Å². The maximum Gasteiger partial charge on any atom is 0.236 e. The van der Waals surface area contributed by atoms with Crippen molar-refractivity contribution in [2.24, 2.45) is 0 Å². The van der Waals surface area contributed by atoms with Crippen molar-refractivity contribution in [1.82, 2.24) is 19.8 Å². The molecule has 0 aromatic carbocycles. The van der Waals surface area contributed by atoms with Crippen LogP contribution in [0, 0.1) is 0 Å². The van der Waals surface area contributed by atoms with Crippen LogP contribution in [0.2, 0.25) is 0 Å². The first-order valence-corrected chi connectivity index (χ1v) is 5.71. The van der Waals surface area contributed by atoms with E-state index < -0.39 is 0 Å². The van der Waals surface area contributed by atoms with Crippen LogP contribution >= 0.6 is 11.3 Å². The molecule has 0 aliphatic carbocycles. The lowest BCUT2D eigenvalue weighted by molar-refractivity contribution is 0.0832. The second-order valence-electron chi connectivity index (χ2n) is 3.58. The summed E-state index contributed by atoms with van der Waals surface area (Å²) in [5.74, 6) is 1.32. The van der Waals surface area contributed by atoms with Gasteiger partial charge in [-0.1, -0.05) is 11.3 Å². The van der Waals surface area contributed by atoms with Gasteiger partial charge in [-0.05, 0) is 12.8 Å². The van der Waals surface area contributed by atoms with E-state index in [1.54, 1.807) is 4.52 Å². The van der Waals surface area contributed by atoms with E-state index in [4.69, 9.17) is 10.5 Å². The molecule has 1 aliphatic heterocycles. The molecule has 3 heterocycles. The number of rotatable bonds is 1. The molecular formula is C8H11N5OS. The van der Waals surface area contributed by atoms with Gasteiger partial charge in [0.1, 0.15) is 0 Å². The minimum atomic E-state index is 0.398. The predicted octanol–water partition coefficient (Wildman–Crippen LogP) is 0.662. The topological polar surface area (TPSA) is 78.3 Å². The summed E-state index contributed by atoms with van der Waals surface area (Å²) < 4.78 is 7.07. The number of ether oxygens (including phenoxy) is 1. The molecule has 0 unspecified atom stereocenters. The Labute approximate surface area is 90.1 Å². The van der Waals surface area contributed by atoms with Gasteiger partial charge in [0, 0.05) is 19.1 Å². The maximum atomic E-state index is 5.63. The van der Waals surface area contributed by atoms with Gasteiger partial charge in [0.15, 0.2) is 5.82 Å². The molecule has 6 nitrogen and oxygen atoms in total. The van der Waals surface area contributed by atoms with Gasteiger partial charge in [0.2, 0.25) is 10.1 Å². The quantitative estimate of drug-likeness (QED) is 0.771. The third-order valence-corrected chi connectivity index (χ3v) is 3.35. The van der Waals surface area contributed by atoms with E-state index in [1.807, 2.05) is 0 Å². The number of aromatic nitrogens is 4. The van der Waals surface area contributed by atoms with Crippen molar-refractivity contribution in [1.29, 1.82) is 0 Å². The molecule has 1 aliphatic rings. The smallest absolute Gasteiger partial charge is 0.236 e. The van der Waals surface area contributed by atoms with Crippen LogP contribution in [-0.4, -0.2) is 33.0 Å². The number of hydrogen-bond donors (Lipinski definition) is 1. The summed E-state index contributed by atoms with van der Waals surface area (Å²) in [6, 6.07) is 0. The predicted molar refractivity (Wildman–Crippen MR) is 55.9 cm³/mol. The Bertz CT molecular complexity index is 472. The summed E-state index contributed by atoms with van der Waals surface area (Å²) in [7, 11) is 0. The Hall–Kier alpha value is -1.21. The van der Waals surface area contributed by atoms with E-state index in [9.17, 15) is 0 Å². The van der Waals surface area contributed by atoms with Crippen molar-refractivity contribution in [3.8, 4) is 0 Å². The van der Waals surface area contributed by atoms with E-state index in [0.29, 0.717) is 11.0 Å². The minimum Gasteiger partial charge on any atom is -0.381 e. The van der Waals surface area contributed by atoms with Crippen molar-refractivity contribution in [2.45, 2.75) is 18.8 Å². The lowest BCUT2D eigenvalue weighted by Crippen LogP contribution is -2.16. The van der Waals surface area contributed by atoms with E-state index in [2.05, 4.69) is 15.3 Å². The molecule has 15 heavy (non-hydrogen) atoms. The van der Waals surface area contributed by atoms with Crippen molar-refractivity contribution >= 4 is 21.4 Å². The van der Waals surface area contributed by atoms with Crippen molar-refractivity contribution in [2.75, 3.05) is 18.9 Å². The lowest BCUT2D eigenvalue weighted by atomic mass is 10.00. The van der Waals surface area contributed by atoms with E-state index in [0.717, 1.165) is 36.8 Å². The van der Waals surface area contributed by atoms with Crippen LogP contribution in [0.4, 0.5) is 5.13 Å². The summed E-state index contributed by atoms with van der Waals surface area (Å²) in [6.45, 7) is 1.58. The Morgan fingerprint density at radius 2 is 2.13 bits per heavy atom. The first-order chi connectivity index (χ1) is 7.34. The van der Waals surface area contributed by atoms with E-state index in [-0.39, 0.29) is 0 Å². The van der Waals surface area contributed by atoms with Crippen molar-refractivity contribution in [3.63, 3.8) is 0 Å². The van der Waals surface area contributed by atoms with Gasteiger partial charge >= 0.3 is 0 Å². The SMILES string of the molecule is Nc1nn2c(C3CCOCC3)nnc2s1. The molecule has 7 heteroatoms. The zero-order valence-electron chi connectivity index (χ0n) is 8.09. The fourth-order valence-electron chi connectivity index (χ4n) is 1.86. The number of hydrogen-bond acceptors (Lipinski definition) is 6. The van der Waals surface area contributed by atoms with Gasteiger partial charge in [-0.2, -0.15) is 4.52 Å². The highest BCUT2D eigenvalue weighted by Crippen LogP contribution is 2.27. The molecule has 0 bridgehead atoms. The number of anilines is 1. The van der Waals surface area contributed by atoms with Crippen LogP contribution in [0.1, 0.15) is 24.6 Å². The van der Waals surface area contributed by atoms with Gasteiger partial charge in [-0.3, -0.25) is 0 Å². The maximum absolute atomic E-state index is 5.63. The molecule has 0 saturated carbocycles. The number of fused-ring (bicyclic) bond motifs is 1. The molecular weight excluding hydrogens is 214 g/mol. The highest BCUT2D eigenvalue weighted by Gasteiger charge is 2.22. The fourth-order valence-corrected chi connectivity index (χ4v) is 2.47. The molecule has 80 valence electrons. The standard InChI is InChI=1S/C8H11N5OS/c9-7-12-13-6(10-11-8(13)15-7)5-1-3-14-4-2-5/h5H,1-4H2,(H2,9,12). The summed E-state index contributed by atoms with van der Waals surface area (Å²) in [5.41, 5.74) is 5.63. The van der Waals surface area contributed by atoms with E-state index in [1.165, 1.54) is 11.3 Å². The average molecular weight is 225 g/mol. The lowest BCUT2D eigenvalue weighted by Gasteiger charge is -2.19. The number of nitrogen functional groups attached to an aromatic ring is 1. The molecule has 0 radical (unpaired) electrons. The van der Waals surface area contributed by atoms with Gasteiger partial charge in [-0.25, -0.2) is 0 Å². The molecule has 0 amide bonds. The van der Waals surface area contributed by atoms with Crippen LogP contribution in [0.5, 0.6) is 0 Å². The molecule has 0 atom stereocenters. The zero-order valence-corrected chi connectivity index (χ0v) is 8.90. The summed E-state index contributed by atoms with van der Waals surface area (Å²) in [4.78, 5) is 0.772. The Balaban J connectivity index is 2.01. The Morgan fingerprint density at radius 3 is 2.93 bits per heavy atom.